The maximum Gasteiger partial charge on any atom is 0.171 e. The van der Waals surface area contributed by atoms with Crippen LogP contribution in [0, 0.1) is 13.8 Å². The molecular weight excluding hydrogens is 792 g/mol. The molecule has 0 atom stereocenters. The highest BCUT2D eigenvalue weighted by molar-refractivity contribution is 9.09. The summed E-state index contributed by atoms with van der Waals surface area (Å²) in [6, 6.07) is 16.7. The average molecular weight is 867 g/mol. The lowest BCUT2D eigenvalue weighted by molar-refractivity contribution is -0.697. The lowest BCUT2D eigenvalue weighted by Crippen LogP contribution is -3.00. The fourth-order valence-electron chi connectivity index (χ4n) is 6.56. The number of alkyl halides is 1. The minimum atomic E-state index is 0. The summed E-state index contributed by atoms with van der Waals surface area (Å²) < 4.78 is 2.32. The Bertz CT molecular complexity index is 1320. The van der Waals surface area contributed by atoms with Crippen LogP contribution >= 0.6 is 15.9 Å². The molecule has 0 aliphatic heterocycles. The average Bonchev–Trinajstić information content (AvgIpc) is 3.19. The quantitative estimate of drug-likeness (QED) is 0.0341. The van der Waals surface area contributed by atoms with Crippen LogP contribution in [0.4, 0.5) is 0 Å². The highest BCUT2D eigenvalue weighted by Crippen LogP contribution is 2.14. The lowest BCUT2D eigenvalue weighted by atomic mass is 10.0. The number of hydrogen-bond acceptors (Lipinski definition) is 3. The molecule has 0 aromatic carbocycles. The molecule has 300 valence electrons. The molecule has 0 aliphatic rings. The number of nitrogens with zero attached hydrogens (tertiary/aromatic N) is 4. The number of hydrogen-bond donors (Lipinski definition) is 0. The number of aryl methyl sites for hydroxylation is 5. The van der Waals surface area contributed by atoms with Crippen LogP contribution in [0.1, 0.15) is 164 Å². The SMILES string of the molecule is BrCCCCCCCCCCCCCc1cccnc1.Cc1ccc[n+](CCCCCCCCCCCCCc2cccnc2)c1.Cc1cccnc1.[Br-]. The van der Waals surface area contributed by atoms with E-state index in [1.807, 2.05) is 62.2 Å². The highest BCUT2D eigenvalue weighted by atomic mass is 79.9. The zero-order chi connectivity index (χ0) is 37.7. The van der Waals surface area contributed by atoms with Crippen molar-refractivity contribution in [3.63, 3.8) is 0 Å². The third-order valence-electron chi connectivity index (χ3n) is 9.74. The predicted octanol–water partition coefficient (Wildman–Crippen LogP) is 10.9. The van der Waals surface area contributed by atoms with E-state index >= 15 is 0 Å². The van der Waals surface area contributed by atoms with E-state index in [9.17, 15) is 0 Å². The Morgan fingerprint density at radius 2 is 0.833 bits per heavy atom. The Kier molecular flexibility index (Phi) is 34.4. The summed E-state index contributed by atoms with van der Waals surface area (Å²) in [5, 5.41) is 1.17. The summed E-state index contributed by atoms with van der Waals surface area (Å²) >= 11 is 3.48. The number of unbranched alkanes of at least 4 members (excludes halogenated alkanes) is 20. The maximum atomic E-state index is 4.18. The van der Waals surface area contributed by atoms with Crippen LogP contribution in [0.15, 0.2) is 98.1 Å². The largest absolute Gasteiger partial charge is 1.00 e. The van der Waals surface area contributed by atoms with Crippen molar-refractivity contribution in [3.8, 4) is 0 Å². The Labute approximate surface area is 350 Å². The Morgan fingerprint density at radius 3 is 1.19 bits per heavy atom. The van der Waals surface area contributed by atoms with E-state index in [2.05, 4.69) is 79.0 Å². The van der Waals surface area contributed by atoms with Gasteiger partial charge in [0.15, 0.2) is 12.4 Å². The van der Waals surface area contributed by atoms with Crippen molar-refractivity contribution in [2.24, 2.45) is 0 Å². The summed E-state index contributed by atoms with van der Waals surface area (Å²) in [6.45, 7) is 5.35. The normalized spacial score (nSPS) is 10.4. The molecule has 0 fully saturated rings. The van der Waals surface area contributed by atoms with E-state index in [0.717, 1.165) is 0 Å². The van der Waals surface area contributed by atoms with Gasteiger partial charge in [-0.2, -0.15) is 0 Å². The van der Waals surface area contributed by atoms with Crippen molar-refractivity contribution < 1.29 is 21.5 Å². The van der Waals surface area contributed by atoms with Gasteiger partial charge in [0.1, 0.15) is 6.54 Å². The third-order valence-corrected chi connectivity index (χ3v) is 10.3. The van der Waals surface area contributed by atoms with Gasteiger partial charge in [0, 0.05) is 60.6 Å². The van der Waals surface area contributed by atoms with Crippen LogP contribution in [-0.2, 0) is 19.4 Å². The first-order chi connectivity index (χ1) is 26.2. The first-order valence-corrected chi connectivity index (χ1v) is 22.5. The van der Waals surface area contributed by atoms with Crippen molar-refractivity contribution in [1.82, 2.24) is 15.0 Å². The number of aromatic nitrogens is 4. The molecule has 0 saturated heterocycles. The van der Waals surface area contributed by atoms with Gasteiger partial charge in [-0.1, -0.05) is 143 Å². The summed E-state index contributed by atoms with van der Waals surface area (Å²) in [5.41, 5.74) is 5.33. The summed E-state index contributed by atoms with van der Waals surface area (Å²) in [5.74, 6) is 0. The fraction of sp³-hybridized carbons (Fsp3) is 0.583. The molecule has 0 bridgehead atoms. The second kappa shape index (κ2) is 37.5. The van der Waals surface area contributed by atoms with Crippen molar-refractivity contribution in [2.45, 2.75) is 174 Å². The van der Waals surface area contributed by atoms with Crippen molar-refractivity contribution in [3.05, 3.63) is 120 Å². The van der Waals surface area contributed by atoms with Crippen LogP contribution in [-0.4, -0.2) is 20.3 Å². The van der Waals surface area contributed by atoms with E-state index in [1.54, 1.807) is 6.20 Å². The fourth-order valence-corrected chi connectivity index (χ4v) is 6.96. The van der Waals surface area contributed by atoms with Crippen molar-refractivity contribution >= 4 is 15.9 Å². The number of halogens is 2. The van der Waals surface area contributed by atoms with E-state index in [-0.39, 0.29) is 17.0 Å². The van der Waals surface area contributed by atoms with Gasteiger partial charge in [-0.05, 0) is 93.3 Å². The number of pyridine rings is 4. The van der Waals surface area contributed by atoms with Crippen LogP contribution in [0.2, 0.25) is 0 Å². The zero-order valence-corrected chi connectivity index (χ0v) is 37.3. The second-order valence-corrected chi connectivity index (χ2v) is 15.6. The van der Waals surface area contributed by atoms with Gasteiger partial charge in [-0.15, -0.1) is 0 Å². The van der Waals surface area contributed by atoms with E-state index in [1.165, 1.54) is 188 Å². The van der Waals surface area contributed by atoms with Gasteiger partial charge in [0.25, 0.3) is 0 Å². The Balaban J connectivity index is 0.000000459. The molecule has 0 aliphatic carbocycles. The van der Waals surface area contributed by atoms with Gasteiger partial charge in [-0.3, -0.25) is 15.0 Å². The first-order valence-electron chi connectivity index (χ1n) is 21.3. The predicted molar refractivity (Wildman–Crippen MR) is 232 cm³/mol. The Morgan fingerprint density at radius 1 is 0.444 bits per heavy atom. The standard InChI is InChI=1S/C24H37N2.C18H30BrN.C6H7N.BrH/c1-23-15-14-20-26(22-23)19-12-10-8-6-4-2-3-5-7-9-11-16-24-17-13-18-25-21-24;19-15-11-9-7-5-3-1-2-4-6-8-10-13-18-14-12-16-20-17-18;1-6-3-2-4-7-5-6;/h13-15,17-18,20-22H,2-12,16,19H2,1H3;12,14,16-17H,1-11,13,15H2;2-5H,1H3;1H/q+1;;;/p-1. The third kappa shape index (κ3) is 30.8. The molecule has 4 aromatic heterocycles. The summed E-state index contributed by atoms with van der Waals surface area (Å²) in [4.78, 5) is 12.2. The molecule has 0 amide bonds. The molecule has 0 unspecified atom stereocenters. The van der Waals surface area contributed by atoms with Gasteiger partial charge in [0.2, 0.25) is 0 Å². The molecule has 54 heavy (non-hydrogen) atoms. The zero-order valence-electron chi connectivity index (χ0n) is 34.2. The molecule has 4 rings (SSSR count). The van der Waals surface area contributed by atoms with Crippen LogP contribution < -0.4 is 21.5 Å². The molecule has 4 nitrogen and oxygen atoms in total. The molecule has 0 saturated carbocycles. The van der Waals surface area contributed by atoms with Crippen LogP contribution in [0.5, 0.6) is 0 Å². The molecule has 4 heterocycles. The van der Waals surface area contributed by atoms with Crippen molar-refractivity contribution in [2.75, 3.05) is 5.33 Å². The van der Waals surface area contributed by atoms with Gasteiger partial charge < -0.3 is 17.0 Å². The summed E-state index contributed by atoms with van der Waals surface area (Å²) in [6.07, 6.45) is 48.8. The lowest BCUT2D eigenvalue weighted by Gasteiger charge is -2.03. The van der Waals surface area contributed by atoms with Gasteiger partial charge in [-0.25, -0.2) is 4.57 Å². The molecule has 0 N–H and O–H groups in total. The topological polar surface area (TPSA) is 42.5 Å². The van der Waals surface area contributed by atoms with E-state index in [0.29, 0.717) is 0 Å². The summed E-state index contributed by atoms with van der Waals surface area (Å²) in [7, 11) is 0. The highest BCUT2D eigenvalue weighted by Gasteiger charge is 2.00. The van der Waals surface area contributed by atoms with Crippen LogP contribution in [0.3, 0.4) is 0 Å². The molecule has 4 aromatic rings. The van der Waals surface area contributed by atoms with E-state index < -0.39 is 0 Å². The minimum absolute atomic E-state index is 0. The van der Waals surface area contributed by atoms with E-state index in [4.69, 9.17) is 0 Å². The van der Waals surface area contributed by atoms with Crippen molar-refractivity contribution in [1.29, 1.82) is 0 Å². The monoisotopic (exact) mass is 864 g/mol. The van der Waals surface area contributed by atoms with Gasteiger partial charge in [0.05, 0.1) is 0 Å². The Hall–Kier alpha value is -2.44. The molecule has 6 heteroatoms. The van der Waals surface area contributed by atoms with Gasteiger partial charge >= 0.3 is 0 Å². The smallest absolute Gasteiger partial charge is 0.171 e. The molecule has 0 radical (unpaired) electrons. The maximum absolute atomic E-state index is 4.18. The number of rotatable bonds is 27. The minimum Gasteiger partial charge on any atom is -1.00 e. The van der Waals surface area contributed by atoms with Crippen LogP contribution in [0.25, 0.3) is 0 Å². The molecular formula is C48H74Br2N4. The molecule has 0 spiro atoms. The second-order valence-electron chi connectivity index (χ2n) is 14.8. The first kappa shape index (κ1) is 49.6.